The Labute approximate surface area is 93.5 Å². The molecule has 0 fully saturated rings. The molecule has 1 unspecified atom stereocenters. The lowest BCUT2D eigenvalue weighted by atomic mass is 10.2. The van der Waals surface area contributed by atoms with Crippen LogP contribution in [0.2, 0.25) is 5.02 Å². The summed E-state index contributed by atoms with van der Waals surface area (Å²) < 4.78 is 0. The van der Waals surface area contributed by atoms with Crippen LogP contribution in [0.4, 0.5) is 5.69 Å². The zero-order chi connectivity index (χ0) is 10.6. The molecule has 0 heterocycles. The molecule has 0 saturated heterocycles. The normalized spacial score (nSPS) is 12.8. The minimum atomic E-state index is 0.201. The van der Waals surface area contributed by atoms with Crippen molar-refractivity contribution in [2.75, 3.05) is 18.1 Å². The van der Waals surface area contributed by atoms with Crippen LogP contribution >= 0.6 is 23.4 Å². The summed E-state index contributed by atoms with van der Waals surface area (Å²) in [5, 5.41) is 9.58. The monoisotopic (exact) mass is 231 g/mol. The standard InChI is InChI=1S/C10H14ClNOS/c1-7(5-13)6-14-10-4-8(12)2-3-9(10)11/h2-4,7,13H,5-6,12H2,1H3. The average Bonchev–Trinajstić information content (AvgIpc) is 2.19. The number of thioether (sulfide) groups is 1. The van der Waals surface area contributed by atoms with E-state index in [4.69, 9.17) is 22.4 Å². The van der Waals surface area contributed by atoms with Crippen molar-refractivity contribution in [1.82, 2.24) is 0 Å². The fourth-order valence-electron chi connectivity index (χ4n) is 0.915. The Morgan fingerprint density at radius 2 is 2.29 bits per heavy atom. The Kier molecular flexibility index (Phi) is 4.58. The fourth-order valence-corrected chi connectivity index (χ4v) is 2.19. The number of benzene rings is 1. The predicted molar refractivity (Wildman–Crippen MR) is 62.8 cm³/mol. The molecule has 1 rings (SSSR count). The van der Waals surface area contributed by atoms with Crippen molar-refractivity contribution >= 4 is 29.1 Å². The molecule has 2 nitrogen and oxygen atoms in total. The van der Waals surface area contributed by atoms with E-state index in [-0.39, 0.29) is 12.5 Å². The number of anilines is 1. The Morgan fingerprint density at radius 3 is 2.93 bits per heavy atom. The van der Waals surface area contributed by atoms with Gasteiger partial charge in [-0.2, -0.15) is 0 Å². The largest absolute Gasteiger partial charge is 0.399 e. The van der Waals surface area contributed by atoms with E-state index in [9.17, 15) is 0 Å². The lowest BCUT2D eigenvalue weighted by molar-refractivity contribution is 0.250. The van der Waals surface area contributed by atoms with Crippen molar-refractivity contribution in [2.24, 2.45) is 5.92 Å². The lowest BCUT2D eigenvalue weighted by Gasteiger charge is -2.08. The third-order valence-corrected chi connectivity index (χ3v) is 3.62. The van der Waals surface area contributed by atoms with Gasteiger partial charge in [-0.3, -0.25) is 0 Å². The molecule has 4 heteroatoms. The van der Waals surface area contributed by atoms with Crippen molar-refractivity contribution in [1.29, 1.82) is 0 Å². The molecule has 1 aromatic carbocycles. The zero-order valence-corrected chi connectivity index (χ0v) is 9.61. The van der Waals surface area contributed by atoms with Gasteiger partial charge >= 0.3 is 0 Å². The Balaban J connectivity index is 2.62. The molecule has 1 aromatic rings. The number of aliphatic hydroxyl groups is 1. The van der Waals surface area contributed by atoms with Crippen LogP contribution in [0.5, 0.6) is 0 Å². The van der Waals surface area contributed by atoms with E-state index in [1.807, 2.05) is 13.0 Å². The third kappa shape index (κ3) is 3.40. The molecule has 0 radical (unpaired) electrons. The number of nitrogens with two attached hydrogens (primary N) is 1. The van der Waals surface area contributed by atoms with Crippen LogP contribution in [0.25, 0.3) is 0 Å². The van der Waals surface area contributed by atoms with Gasteiger partial charge in [-0.05, 0) is 24.1 Å². The Bertz CT molecular complexity index is 306. The molecule has 0 aliphatic carbocycles. The topological polar surface area (TPSA) is 46.2 Å². The molecule has 1 atom stereocenters. The maximum absolute atomic E-state index is 8.87. The highest BCUT2D eigenvalue weighted by molar-refractivity contribution is 7.99. The molecular weight excluding hydrogens is 218 g/mol. The first kappa shape index (κ1) is 11.7. The summed E-state index contributed by atoms with van der Waals surface area (Å²) in [5.74, 6) is 1.12. The van der Waals surface area contributed by atoms with Crippen LogP contribution in [0.1, 0.15) is 6.92 Å². The number of rotatable bonds is 4. The van der Waals surface area contributed by atoms with E-state index < -0.39 is 0 Å². The summed E-state index contributed by atoms with van der Waals surface area (Å²) in [6, 6.07) is 5.43. The van der Waals surface area contributed by atoms with E-state index in [2.05, 4.69) is 0 Å². The number of hydrogen-bond donors (Lipinski definition) is 2. The molecular formula is C10H14ClNOS. The maximum atomic E-state index is 8.87. The fraction of sp³-hybridized carbons (Fsp3) is 0.400. The van der Waals surface area contributed by atoms with E-state index in [0.29, 0.717) is 10.7 Å². The molecule has 78 valence electrons. The number of hydrogen-bond acceptors (Lipinski definition) is 3. The van der Waals surface area contributed by atoms with Crippen LogP contribution in [0, 0.1) is 5.92 Å². The van der Waals surface area contributed by atoms with Crippen molar-refractivity contribution in [3.63, 3.8) is 0 Å². The van der Waals surface area contributed by atoms with Gasteiger partial charge in [-0.25, -0.2) is 0 Å². The summed E-state index contributed by atoms with van der Waals surface area (Å²) >= 11 is 7.61. The first-order valence-electron chi connectivity index (χ1n) is 4.42. The molecule has 0 bridgehead atoms. The predicted octanol–water partition coefficient (Wildman–Crippen LogP) is 2.64. The smallest absolute Gasteiger partial charge is 0.0543 e. The van der Waals surface area contributed by atoms with Crippen molar-refractivity contribution < 1.29 is 5.11 Å². The van der Waals surface area contributed by atoms with Crippen molar-refractivity contribution in [3.05, 3.63) is 23.2 Å². The summed E-state index contributed by atoms with van der Waals surface area (Å²) in [7, 11) is 0. The van der Waals surface area contributed by atoms with Gasteiger partial charge < -0.3 is 10.8 Å². The third-order valence-electron chi connectivity index (χ3n) is 1.79. The van der Waals surface area contributed by atoms with E-state index in [1.165, 1.54) is 0 Å². The molecule has 14 heavy (non-hydrogen) atoms. The Hall–Kier alpha value is -0.380. The van der Waals surface area contributed by atoms with Gasteiger partial charge in [0.15, 0.2) is 0 Å². The summed E-state index contributed by atoms with van der Waals surface area (Å²) in [6.45, 7) is 2.19. The summed E-state index contributed by atoms with van der Waals surface area (Å²) in [5.41, 5.74) is 6.36. The van der Waals surface area contributed by atoms with Crippen LogP contribution in [-0.4, -0.2) is 17.5 Å². The van der Waals surface area contributed by atoms with Crippen molar-refractivity contribution in [3.8, 4) is 0 Å². The van der Waals surface area contributed by atoms with Gasteiger partial charge in [0.05, 0.1) is 5.02 Å². The SMILES string of the molecule is CC(CO)CSc1cc(N)ccc1Cl. The van der Waals surface area contributed by atoms with Gasteiger partial charge in [0.25, 0.3) is 0 Å². The lowest BCUT2D eigenvalue weighted by Crippen LogP contribution is -2.03. The van der Waals surface area contributed by atoms with Crippen LogP contribution < -0.4 is 5.73 Å². The van der Waals surface area contributed by atoms with E-state index >= 15 is 0 Å². The summed E-state index contributed by atoms with van der Waals surface area (Å²) in [4.78, 5) is 0.979. The minimum absolute atomic E-state index is 0.201. The first-order chi connectivity index (χ1) is 6.63. The second kappa shape index (κ2) is 5.49. The molecule has 0 amide bonds. The Morgan fingerprint density at radius 1 is 1.57 bits per heavy atom. The van der Waals surface area contributed by atoms with Gasteiger partial charge in [0.2, 0.25) is 0 Å². The minimum Gasteiger partial charge on any atom is -0.399 e. The van der Waals surface area contributed by atoms with Gasteiger partial charge in [-0.15, -0.1) is 11.8 Å². The number of nitrogen functional groups attached to an aromatic ring is 1. The molecule has 0 saturated carbocycles. The highest BCUT2D eigenvalue weighted by atomic mass is 35.5. The summed E-state index contributed by atoms with van der Waals surface area (Å²) in [6.07, 6.45) is 0. The van der Waals surface area contributed by atoms with Gasteiger partial charge in [0, 0.05) is 22.9 Å². The molecule has 0 aliphatic rings. The quantitative estimate of drug-likeness (QED) is 0.619. The van der Waals surface area contributed by atoms with Crippen molar-refractivity contribution in [2.45, 2.75) is 11.8 Å². The van der Waals surface area contributed by atoms with Crippen LogP contribution in [-0.2, 0) is 0 Å². The van der Waals surface area contributed by atoms with Gasteiger partial charge in [0.1, 0.15) is 0 Å². The average molecular weight is 232 g/mol. The first-order valence-corrected chi connectivity index (χ1v) is 5.78. The number of aliphatic hydroxyl groups excluding tert-OH is 1. The van der Waals surface area contributed by atoms with E-state index in [0.717, 1.165) is 10.6 Å². The highest BCUT2D eigenvalue weighted by Gasteiger charge is 2.05. The number of halogens is 1. The molecule has 3 N–H and O–H groups in total. The zero-order valence-electron chi connectivity index (χ0n) is 8.03. The molecule has 0 aromatic heterocycles. The second-order valence-electron chi connectivity index (χ2n) is 3.29. The molecule has 0 spiro atoms. The van der Waals surface area contributed by atoms with Crippen LogP contribution in [0.15, 0.2) is 23.1 Å². The molecule has 0 aliphatic heterocycles. The van der Waals surface area contributed by atoms with Gasteiger partial charge in [-0.1, -0.05) is 18.5 Å². The highest BCUT2D eigenvalue weighted by Crippen LogP contribution is 2.30. The van der Waals surface area contributed by atoms with Crippen LogP contribution in [0.3, 0.4) is 0 Å². The second-order valence-corrected chi connectivity index (χ2v) is 4.76. The van der Waals surface area contributed by atoms with E-state index in [1.54, 1.807) is 23.9 Å². The maximum Gasteiger partial charge on any atom is 0.0543 e.